The summed E-state index contributed by atoms with van der Waals surface area (Å²) in [6.45, 7) is 0. The molecule has 174 valence electrons. The summed E-state index contributed by atoms with van der Waals surface area (Å²) in [7, 11) is 5.42. The van der Waals surface area contributed by atoms with Crippen LogP contribution in [0.4, 0.5) is 5.69 Å². The number of carbonyl (C=O) groups excluding carboxylic acids is 2. The van der Waals surface area contributed by atoms with Crippen molar-refractivity contribution in [1.29, 1.82) is 0 Å². The first-order valence-corrected chi connectivity index (χ1v) is 11.3. The molecular formula is C25H24IN5O3. The van der Waals surface area contributed by atoms with Crippen molar-refractivity contribution < 1.29 is 14.3 Å². The van der Waals surface area contributed by atoms with E-state index in [9.17, 15) is 9.59 Å². The molecule has 0 atom stereocenters. The van der Waals surface area contributed by atoms with Crippen LogP contribution in [0.2, 0.25) is 0 Å². The minimum atomic E-state index is -0.314. The molecule has 0 heterocycles. The summed E-state index contributed by atoms with van der Waals surface area (Å²) < 4.78 is 6.40. The third kappa shape index (κ3) is 6.88. The summed E-state index contributed by atoms with van der Waals surface area (Å²) in [5.74, 6) is -0.0461. The lowest BCUT2D eigenvalue weighted by molar-refractivity contribution is 0.0947. The summed E-state index contributed by atoms with van der Waals surface area (Å²) in [5, 5.41) is 8.07. The molecule has 34 heavy (non-hydrogen) atoms. The van der Waals surface area contributed by atoms with E-state index in [4.69, 9.17) is 4.74 Å². The van der Waals surface area contributed by atoms with Gasteiger partial charge in [0.25, 0.3) is 11.8 Å². The predicted molar refractivity (Wildman–Crippen MR) is 143 cm³/mol. The SMILES string of the molecule is COc1ccc(/C=N/NC(=O)c2ccc(N(C)C)cc2)cc1/C=N/NC(=O)c1ccc(I)cc1. The Morgan fingerprint density at radius 2 is 1.41 bits per heavy atom. The monoisotopic (exact) mass is 569 g/mol. The van der Waals surface area contributed by atoms with Crippen molar-refractivity contribution in [1.82, 2.24) is 10.9 Å². The van der Waals surface area contributed by atoms with E-state index in [2.05, 4.69) is 43.6 Å². The lowest BCUT2D eigenvalue weighted by Crippen LogP contribution is -2.18. The van der Waals surface area contributed by atoms with E-state index >= 15 is 0 Å². The molecule has 0 fully saturated rings. The molecule has 0 radical (unpaired) electrons. The fourth-order valence-corrected chi connectivity index (χ4v) is 3.26. The molecule has 0 aliphatic rings. The molecule has 0 unspecified atom stereocenters. The number of ether oxygens (including phenoxy) is 1. The van der Waals surface area contributed by atoms with Gasteiger partial charge in [0.15, 0.2) is 0 Å². The summed E-state index contributed by atoms with van der Waals surface area (Å²) in [4.78, 5) is 26.5. The van der Waals surface area contributed by atoms with Crippen LogP contribution in [-0.4, -0.2) is 45.4 Å². The smallest absolute Gasteiger partial charge is 0.271 e. The maximum atomic E-state index is 12.3. The lowest BCUT2D eigenvalue weighted by atomic mass is 10.1. The summed E-state index contributed by atoms with van der Waals surface area (Å²) in [6, 6.07) is 19.7. The van der Waals surface area contributed by atoms with Crippen molar-refractivity contribution in [3.05, 3.63) is 92.6 Å². The maximum absolute atomic E-state index is 12.3. The van der Waals surface area contributed by atoms with Crippen molar-refractivity contribution in [2.75, 3.05) is 26.1 Å². The van der Waals surface area contributed by atoms with Gasteiger partial charge in [-0.1, -0.05) is 0 Å². The fourth-order valence-electron chi connectivity index (χ4n) is 2.90. The molecule has 9 heteroatoms. The van der Waals surface area contributed by atoms with Crippen LogP contribution in [0.5, 0.6) is 5.75 Å². The van der Waals surface area contributed by atoms with E-state index in [1.165, 1.54) is 12.4 Å². The molecule has 0 bridgehead atoms. The van der Waals surface area contributed by atoms with E-state index in [1.807, 2.05) is 43.3 Å². The number of methoxy groups -OCH3 is 1. The van der Waals surface area contributed by atoms with Gasteiger partial charge in [0.1, 0.15) is 5.75 Å². The molecule has 3 aromatic carbocycles. The molecule has 0 saturated heterocycles. The van der Waals surface area contributed by atoms with Gasteiger partial charge in [-0.25, -0.2) is 10.9 Å². The Bertz CT molecular complexity index is 1210. The van der Waals surface area contributed by atoms with Crippen molar-refractivity contribution in [3.63, 3.8) is 0 Å². The number of anilines is 1. The topological polar surface area (TPSA) is 95.4 Å². The van der Waals surface area contributed by atoms with Gasteiger partial charge in [-0.05, 0) is 94.9 Å². The molecule has 0 aliphatic heterocycles. The predicted octanol–water partition coefficient (Wildman–Crippen LogP) is 3.89. The lowest BCUT2D eigenvalue weighted by Gasteiger charge is -2.12. The summed E-state index contributed by atoms with van der Waals surface area (Å²) in [5.41, 5.74) is 8.40. The van der Waals surface area contributed by atoms with E-state index < -0.39 is 0 Å². The maximum Gasteiger partial charge on any atom is 0.271 e. The molecular weight excluding hydrogens is 545 g/mol. The van der Waals surface area contributed by atoms with Gasteiger partial charge >= 0.3 is 0 Å². The van der Waals surface area contributed by atoms with Crippen molar-refractivity contribution in [2.24, 2.45) is 10.2 Å². The molecule has 3 rings (SSSR count). The van der Waals surface area contributed by atoms with Crippen LogP contribution >= 0.6 is 22.6 Å². The number of rotatable bonds is 8. The highest BCUT2D eigenvalue weighted by Crippen LogP contribution is 2.17. The van der Waals surface area contributed by atoms with Gasteiger partial charge in [-0.15, -0.1) is 0 Å². The number of hydrogen-bond acceptors (Lipinski definition) is 6. The normalized spacial score (nSPS) is 10.9. The van der Waals surface area contributed by atoms with Crippen LogP contribution in [0.1, 0.15) is 31.8 Å². The number of amides is 2. The second kappa shape index (κ2) is 11.9. The van der Waals surface area contributed by atoms with Crippen molar-refractivity contribution in [2.45, 2.75) is 0 Å². The second-order valence-corrected chi connectivity index (χ2v) is 8.59. The Kier molecular flexibility index (Phi) is 8.74. The van der Waals surface area contributed by atoms with E-state index in [0.717, 1.165) is 14.8 Å². The average molecular weight is 569 g/mol. The highest BCUT2D eigenvalue weighted by Gasteiger charge is 2.06. The van der Waals surface area contributed by atoms with Crippen molar-refractivity contribution in [3.8, 4) is 5.75 Å². The Morgan fingerprint density at radius 1 is 0.853 bits per heavy atom. The molecule has 8 nitrogen and oxygen atoms in total. The quantitative estimate of drug-likeness (QED) is 0.245. The van der Waals surface area contributed by atoms with Gasteiger partial charge in [-0.3, -0.25) is 9.59 Å². The van der Waals surface area contributed by atoms with Crippen LogP contribution in [0, 0.1) is 3.57 Å². The first-order chi connectivity index (χ1) is 16.4. The van der Waals surface area contributed by atoms with Gasteiger partial charge in [-0.2, -0.15) is 10.2 Å². The van der Waals surface area contributed by atoms with E-state index in [0.29, 0.717) is 22.4 Å². The largest absolute Gasteiger partial charge is 0.496 e. The van der Waals surface area contributed by atoms with E-state index in [1.54, 1.807) is 49.6 Å². The molecule has 0 spiro atoms. The number of halogens is 1. The van der Waals surface area contributed by atoms with Gasteiger partial charge in [0.05, 0.1) is 19.5 Å². The zero-order chi connectivity index (χ0) is 24.5. The number of carbonyl (C=O) groups is 2. The number of hydrazone groups is 2. The van der Waals surface area contributed by atoms with Crippen LogP contribution in [-0.2, 0) is 0 Å². The molecule has 0 saturated carbocycles. The fraction of sp³-hybridized carbons (Fsp3) is 0.120. The first kappa shape index (κ1) is 24.9. The molecule has 2 amide bonds. The number of benzene rings is 3. The first-order valence-electron chi connectivity index (χ1n) is 10.2. The molecule has 0 aliphatic carbocycles. The molecule has 3 aromatic rings. The third-order valence-corrected chi connectivity index (χ3v) is 5.47. The second-order valence-electron chi connectivity index (χ2n) is 7.35. The minimum absolute atomic E-state index is 0.310. The van der Waals surface area contributed by atoms with E-state index in [-0.39, 0.29) is 11.8 Å². The van der Waals surface area contributed by atoms with Crippen LogP contribution in [0.3, 0.4) is 0 Å². The number of nitrogens with one attached hydrogen (secondary N) is 2. The summed E-state index contributed by atoms with van der Waals surface area (Å²) >= 11 is 2.18. The van der Waals surface area contributed by atoms with Crippen LogP contribution in [0.25, 0.3) is 0 Å². The van der Waals surface area contributed by atoms with Crippen molar-refractivity contribution >= 4 is 52.5 Å². The number of nitrogens with zero attached hydrogens (tertiary/aromatic N) is 3. The average Bonchev–Trinajstić information content (AvgIpc) is 2.84. The highest BCUT2D eigenvalue weighted by atomic mass is 127. The van der Waals surface area contributed by atoms with Crippen LogP contribution in [0.15, 0.2) is 76.9 Å². The Morgan fingerprint density at radius 3 is 1.97 bits per heavy atom. The number of hydrogen-bond donors (Lipinski definition) is 2. The van der Waals surface area contributed by atoms with Gasteiger partial charge < -0.3 is 9.64 Å². The zero-order valence-corrected chi connectivity index (χ0v) is 21.1. The Balaban J connectivity index is 1.64. The third-order valence-electron chi connectivity index (χ3n) is 4.76. The molecule has 2 N–H and O–H groups in total. The summed E-state index contributed by atoms with van der Waals surface area (Å²) in [6.07, 6.45) is 3.01. The zero-order valence-electron chi connectivity index (χ0n) is 18.9. The Labute approximate surface area is 211 Å². The minimum Gasteiger partial charge on any atom is -0.496 e. The van der Waals surface area contributed by atoms with Crippen LogP contribution < -0.4 is 20.5 Å². The molecule has 0 aromatic heterocycles. The van der Waals surface area contributed by atoms with Gasteiger partial charge in [0.2, 0.25) is 0 Å². The van der Waals surface area contributed by atoms with Gasteiger partial charge in [0, 0.05) is 40.0 Å². The highest BCUT2D eigenvalue weighted by molar-refractivity contribution is 14.1. The Hall–Kier alpha value is -3.73. The standard InChI is InChI=1S/C25H24IN5O3/c1-31(2)22-11-7-19(8-12-22)25(33)29-27-15-17-4-13-23(34-3)20(14-17)16-28-30-24(32)18-5-9-21(26)10-6-18/h4-16H,1-3H3,(H,29,33)(H,30,32)/b27-15+,28-16+.